The summed E-state index contributed by atoms with van der Waals surface area (Å²) in [6.45, 7) is 4.72. The fraction of sp³-hybridized carbons (Fsp3) is 0.391. The van der Waals surface area contributed by atoms with Crippen LogP contribution in [0.5, 0.6) is 0 Å². The Kier molecular flexibility index (Phi) is 5.30. The van der Waals surface area contributed by atoms with Gasteiger partial charge in [0.25, 0.3) is 0 Å². The van der Waals surface area contributed by atoms with Crippen LogP contribution in [0.25, 0.3) is 6.08 Å². The summed E-state index contributed by atoms with van der Waals surface area (Å²) in [5, 5.41) is 0. The van der Waals surface area contributed by atoms with E-state index in [1.54, 1.807) is 16.7 Å². The topological polar surface area (TPSA) is 0 Å². The van der Waals surface area contributed by atoms with Crippen LogP contribution in [-0.4, -0.2) is 0 Å². The van der Waals surface area contributed by atoms with Crippen molar-refractivity contribution in [3.8, 4) is 0 Å². The van der Waals surface area contributed by atoms with Crippen LogP contribution in [0.15, 0.2) is 48.5 Å². The first-order valence-electron chi connectivity index (χ1n) is 9.11. The van der Waals surface area contributed by atoms with Gasteiger partial charge in [0.2, 0.25) is 0 Å². The summed E-state index contributed by atoms with van der Waals surface area (Å²) in [6.07, 6.45) is 11.0. The number of benzene rings is 2. The zero-order valence-electron chi connectivity index (χ0n) is 14.8. The van der Waals surface area contributed by atoms with Crippen molar-refractivity contribution in [2.45, 2.75) is 51.9 Å². The Bertz CT molecular complexity index is 738. The molecule has 0 aliphatic heterocycles. The Morgan fingerprint density at radius 3 is 2.29 bits per heavy atom. The van der Waals surface area contributed by atoms with E-state index in [-0.39, 0.29) is 25.8 Å². The maximum atomic E-state index is 2.53. The monoisotopic (exact) mass is 482 g/mol. The third-order valence-electron chi connectivity index (χ3n) is 6.24. The van der Waals surface area contributed by atoms with E-state index in [1.807, 2.05) is 0 Å². The third kappa shape index (κ3) is 3.12. The molecule has 0 spiro atoms. The van der Waals surface area contributed by atoms with E-state index >= 15 is 0 Å². The molecule has 1 atom stereocenters. The second-order valence-electron chi connectivity index (χ2n) is 7.47. The van der Waals surface area contributed by atoms with Gasteiger partial charge < -0.3 is 0 Å². The largest absolute Gasteiger partial charge is 0.0760 e. The number of rotatable bonds is 4. The number of hydrogen-bond acceptors (Lipinski definition) is 0. The van der Waals surface area contributed by atoms with Crippen molar-refractivity contribution in [2.24, 2.45) is 5.41 Å². The second kappa shape index (κ2) is 7.12. The van der Waals surface area contributed by atoms with Crippen molar-refractivity contribution in [2.75, 3.05) is 0 Å². The normalized spacial score (nSPS) is 19.7. The zero-order valence-corrected chi connectivity index (χ0v) is 18.4. The first-order chi connectivity index (χ1) is 11.2. The summed E-state index contributed by atoms with van der Waals surface area (Å²) in [7, 11) is 0. The smallest absolute Gasteiger partial charge is 0.00677 e. The molecule has 2 aliphatic rings. The molecule has 2 aromatic rings. The third-order valence-corrected chi connectivity index (χ3v) is 6.24. The summed E-state index contributed by atoms with van der Waals surface area (Å²) in [5.74, 6) is 0.552. The van der Waals surface area contributed by atoms with Crippen molar-refractivity contribution in [3.63, 3.8) is 0 Å². The Morgan fingerprint density at radius 1 is 0.958 bits per heavy atom. The van der Waals surface area contributed by atoms with E-state index < -0.39 is 0 Å². The van der Waals surface area contributed by atoms with Gasteiger partial charge in [0.05, 0.1) is 0 Å². The first-order valence-corrected chi connectivity index (χ1v) is 9.11. The molecule has 0 heterocycles. The Hall–Kier alpha value is -0.950. The molecule has 0 nitrogen and oxygen atoms in total. The molecule has 122 valence electrons. The molecule has 0 saturated carbocycles. The van der Waals surface area contributed by atoms with Gasteiger partial charge in [-0.25, -0.2) is 0 Å². The first kappa shape index (κ1) is 17.9. The molecule has 1 heteroatoms. The van der Waals surface area contributed by atoms with Crippen LogP contribution in [0.3, 0.4) is 0 Å². The average Bonchev–Trinajstić information content (AvgIpc) is 3.15. The van der Waals surface area contributed by atoms with Crippen LogP contribution >= 0.6 is 0 Å². The van der Waals surface area contributed by atoms with Gasteiger partial charge in [-0.3, -0.25) is 0 Å². The van der Waals surface area contributed by atoms with Gasteiger partial charge in [-0.05, 0) is 65.3 Å². The maximum Gasteiger partial charge on any atom is 0.00677 e. The number of allylic oxidation sites excluding steroid dienone is 1. The second-order valence-corrected chi connectivity index (χ2v) is 7.47. The number of fused-ring (bicyclic) bond motifs is 2. The standard InChI is InChI=1S/C23H26.Hf/c1-3-23(4-2)15-20-13-19-11-10-18(22(19)14-21(20)16-23)12-17-8-6-5-7-9-17;/h5-11,13-14,18H,3-4,12,15-16H2,1-2H3;. The summed E-state index contributed by atoms with van der Waals surface area (Å²) < 4.78 is 0. The fourth-order valence-electron chi connectivity index (χ4n) is 4.51. The van der Waals surface area contributed by atoms with Crippen molar-refractivity contribution in [1.29, 1.82) is 0 Å². The van der Waals surface area contributed by atoms with Crippen LogP contribution in [-0.2, 0) is 45.1 Å². The van der Waals surface area contributed by atoms with Crippen molar-refractivity contribution in [1.82, 2.24) is 0 Å². The van der Waals surface area contributed by atoms with E-state index in [0.29, 0.717) is 11.3 Å². The summed E-state index contributed by atoms with van der Waals surface area (Å²) >= 11 is 0. The molecule has 0 aromatic heterocycles. The van der Waals surface area contributed by atoms with Gasteiger partial charge in [-0.15, -0.1) is 0 Å². The molecule has 1 unspecified atom stereocenters. The quantitative estimate of drug-likeness (QED) is 0.475. The Morgan fingerprint density at radius 2 is 1.62 bits per heavy atom. The molecule has 0 amide bonds. The predicted octanol–water partition coefficient (Wildman–Crippen LogP) is 5.94. The molecular formula is C23H26Hf. The Balaban J connectivity index is 0.00000169. The van der Waals surface area contributed by atoms with Gasteiger partial charge in [0.1, 0.15) is 0 Å². The van der Waals surface area contributed by atoms with Crippen molar-refractivity contribution < 1.29 is 25.8 Å². The average molecular weight is 481 g/mol. The summed E-state index contributed by atoms with van der Waals surface area (Å²) in [6, 6.07) is 15.9. The van der Waals surface area contributed by atoms with Gasteiger partial charge >= 0.3 is 0 Å². The summed E-state index contributed by atoms with van der Waals surface area (Å²) in [4.78, 5) is 0. The van der Waals surface area contributed by atoms with Gasteiger partial charge in [-0.2, -0.15) is 0 Å². The molecule has 0 radical (unpaired) electrons. The minimum atomic E-state index is 0. The number of hydrogen-bond donors (Lipinski definition) is 0. The van der Waals surface area contributed by atoms with Crippen LogP contribution in [0.2, 0.25) is 0 Å². The minimum Gasteiger partial charge on any atom is -0.0760 e. The molecule has 0 N–H and O–H groups in total. The SMILES string of the molecule is CCC1(CC)Cc2cc3c(cc2C1)C(Cc1ccccc1)C=C3.[Hf]. The van der Waals surface area contributed by atoms with E-state index in [9.17, 15) is 0 Å². The van der Waals surface area contributed by atoms with Crippen LogP contribution in [0, 0.1) is 5.41 Å². The van der Waals surface area contributed by atoms with E-state index in [2.05, 4.69) is 68.5 Å². The Labute approximate surface area is 165 Å². The van der Waals surface area contributed by atoms with E-state index in [4.69, 9.17) is 0 Å². The fourth-order valence-corrected chi connectivity index (χ4v) is 4.51. The van der Waals surface area contributed by atoms with Crippen LogP contribution < -0.4 is 0 Å². The molecular weight excluding hydrogens is 455 g/mol. The molecule has 2 aliphatic carbocycles. The van der Waals surface area contributed by atoms with E-state index in [1.165, 1.54) is 36.8 Å². The van der Waals surface area contributed by atoms with Crippen LogP contribution in [0.1, 0.15) is 60.4 Å². The van der Waals surface area contributed by atoms with Gasteiger partial charge in [-0.1, -0.05) is 68.5 Å². The minimum absolute atomic E-state index is 0. The van der Waals surface area contributed by atoms with Crippen LogP contribution in [0.4, 0.5) is 0 Å². The predicted molar refractivity (Wildman–Crippen MR) is 98.8 cm³/mol. The maximum absolute atomic E-state index is 2.53. The molecule has 0 fully saturated rings. The molecule has 4 rings (SSSR count). The molecule has 0 saturated heterocycles. The van der Waals surface area contributed by atoms with Gasteiger partial charge in [0.15, 0.2) is 0 Å². The van der Waals surface area contributed by atoms with Crippen molar-refractivity contribution in [3.05, 3.63) is 76.4 Å². The molecule has 24 heavy (non-hydrogen) atoms. The van der Waals surface area contributed by atoms with Crippen molar-refractivity contribution >= 4 is 6.08 Å². The van der Waals surface area contributed by atoms with Gasteiger partial charge in [0, 0.05) is 31.8 Å². The van der Waals surface area contributed by atoms with E-state index in [0.717, 1.165) is 6.42 Å². The summed E-state index contributed by atoms with van der Waals surface area (Å²) in [5.41, 5.74) is 8.21. The zero-order chi connectivity index (χ0) is 15.9. The molecule has 2 aromatic carbocycles. The molecule has 0 bridgehead atoms.